The molecule has 1 unspecified atom stereocenters. The molecule has 0 aliphatic heterocycles. The fourth-order valence-electron chi connectivity index (χ4n) is 2.69. The number of nitrogens with zero attached hydrogens (tertiary/aromatic N) is 1. The first-order chi connectivity index (χ1) is 11.0. The van der Waals surface area contributed by atoms with Crippen molar-refractivity contribution < 1.29 is 4.79 Å². The molecule has 1 aromatic heterocycles. The van der Waals surface area contributed by atoms with E-state index in [1.807, 2.05) is 31.4 Å². The highest BCUT2D eigenvalue weighted by Crippen LogP contribution is 2.37. The lowest BCUT2D eigenvalue weighted by Gasteiger charge is -2.20. The highest BCUT2D eigenvalue weighted by atomic mass is 32.1. The van der Waals surface area contributed by atoms with Gasteiger partial charge >= 0.3 is 0 Å². The van der Waals surface area contributed by atoms with Crippen molar-refractivity contribution in [1.82, 2.24) is 0 Å². The average molecular weight is 326 g/mol. The average Bonchev–Trinajstić information content (AvgIpc) is 3.00. The van der Waals surface area contributed by atoms with Crippen molar-refractivity contribution in [1.29, 1.82) is 0 Å². The zero-order valence-corrected chi connectivity index (χ0v) is 14.8. The predicted octanol–water partition coefficient (Wildman–Crippen LogP) is 4.59. The molecule has 1 amide bonds. The van der Waals surface area contributed by atoms with E-state index in [2.05, 4.69) is 37.0 Å². The number of hydrogen-bond acceptors (Lipinski definition) is 3. The third-order valence-corrected chi connectivity index (χ3v) is 4.99. The topological polar surface area (TPSA) is 55.4 Å². The van der Waals surface area contributed by atoms with Crippen LogP contribution < -0.4 is 5.73 Å². The quantitative estimate of drug-likeness (QED) is 0.803. The summed E-state index contributed by atoms with van der Waals surface area (Å²) in [6.45, 7) is 8.13. The van der Waals surface area contributed by atoms with Gasteiger partial charge in [-0.3, -0.25) is 9.79 Å². The van der Waals surface area contributed by atoms with Gasteiger partial charge in [0.2, 0.25) is 0 Å². The molecule has 2 aromatic rings. The molecule has 0 aliphatic carbocycles. The molecule has 23 heavy (non-hydrogen) atoms. The molecule has 0 spiro atoms. The predicted molar refractivity (Wildman–Crippen MR) is 98.5 cm³/mol. The molecule has 0 saturated heterocycles. The molecule has 2 N–H and O–H groups in total. The van der Waals surface area contributed by atoms with Crippen LogP contribution in [-0.4, -0.2) is 12.1 Å². The van der Waals surface area contributed by atoms with E-state index in [-0.39, 0.29) is 11.8 Å². The maximum atomic E-state index is 11.4. The lowest BCUT2D eigenvalue weighted by Crippen LogP contribution is -2.09. The van der Waals surface area contributed by atoms with Crippen LogP contribution in [0.4, 0.5) is 0 Å². The number of nitrogens with two attached hydrogens (primary N) is 1. The maximum absolute atomic E-state index is 11.4. The van der Waals surface area contributed by atoms with Gasteiger partial charge in [-0.15, -0.1) is 11.3 Å². The lowest BCUT2D eigenvalue weighted by molar-refractivity contribution is 0.100. The summed E-state index contributed by atoms with van der Waals surface area (Å²) in [5, 5.41) is 2.00. The summed E-state index contributed by atoms with van der Waals surface area (Å²) in [5.41, 5.74) is 11.1. The van der Waals surface area contributed by atoms with Crippen LogP contribution in [0.2, 0.25) is 0 Å². The number of aryl methyl sites for hydroxylation is 1. The van der Waals surface area contributed by atoms with Crippen LogP contribution in [0.3, 0.4) is 0 Å². The second-order valence-electron chi connectivity index (χ2n) is 5.43. The van der Waals surface area contributed by atoms with Gasteiger partial charge in [0.1, 0.15) is 0 Å². The molecule has 0 aliphatic rings. The number of thiophene rings is 1. The number of allylic oxidation sites excluding steroid dienone is 2. The van der Waals surface area contributed by atoms with Crippen molar-refractivity contribution in [2.45, 2.75) is 33.6 Å². The Morgan fingerprint density at radius 2 is 2.04 bits per heavy atom. The first-order valence-corrected chi connectivity index (χ1v) is 8.46. The number of carbonyl (C=O) groups excluding carboxylic acids is 1. The molecule has 0 bridgehead atoms. The SMILES string of the molecule is CC=N/C(=C\C)C(c1csc(C(N)=O)c1)c1cccc(C)c1C. The summed E-state index contributed by atoms with van der Waals surface area (Å²) in [6.07, 6.45) is 3.82. The minimum atomic E-state index is -0.387. The largest absolute Gasteiger partial charge is 0.365 e. The van der Waals surface area contributed by atoms with E-state index in [1.165, 1.54) is 28.0 Å². The van der Waals surface area contributed by atoms with Crippen LogP contribution in [0, 0.1) is 13.8 Å². The molecule has 0 radical (unpaired) electrons. The van der Waals surface area contributed by atoms with E-state index in [0.717, 1.165) is 11.3 Å². The summed E-state index contributed by atoms with van der Waals surface area (Å²) in [7, 11) is 0. The third-order valence-electron chi connectivity index (χ3n) is 4.02. The molecular formula is C19H22N2OS. The first-order valence-electron chi connectivity index (χ1n) is 7.58. The van der Waals surface area contributed by atoms with Gasteiger partial charge in [-0.2, -0.15) is 0 Å². The number of rotatable bonds is 5. The summed E-state index contributed by atoms with van der Waals surface area (Å²) >= 11 is 1.38. The van der Waals surface area contributed by atoms with E-state index in [1.54, 1.807) is 6.21 Å². The molecule has 1 atom stereocenters. The Balaban J connectivity index is 2.64. The second-order valence-corrected chi connectivity index (χ2v) is 6.34. The third kappa shape index (κ3) is 3.59. The summed E-state index contributed by atoms with van der Waals surface area (Å²) in [5.74, 6) is -0.387. The molecule has 0 saturated carbocycles. The van der Waals surface area contributed by atoms with E-state index >= 15 is 0 Å². The summed E-state index contributed by atoms with van der Waals surface area (Å²) in [6, 6.07) is 8.18. The van der Waals surface area contributed by atoms with Gasteiger partial charge in [0, 0.05) is 11.9 Å². The molecule has 3 nitrogen and oxygen atoms in total. The number of hydrogen-bond donors (Lipinski definition) is 1. The van der Waals surface area contributed by atoms with Crippen LogP contribution in [0.15, 0.2) is 46.4 Å². The van der Waals surface area contributed by atoms with Crippen molar-refractivity contribution in [2.24, 2.45) is 10.7 Å². The van der Waals surface area contributed by atoms with E-state index in [4.69, 9.17) is 5.73 Å². The highest BCUT2D eigenvalue weighted by molar-refractivity contribution is 7.12. The van der Waals surface area contributed by atoms with Crippen molar-refractivity contribution in [3.8, 4) is 0 Å². The van der Waals surface area contributed by atoms with Gasteiger partial charge in [-0.25, -0.2) is 0 Å². The van der Waals surface area contributed by atoms with Crippen LogP contribution in [0.25, 0.3) is 0 Å². The minimum Gasteiger partial charge on any atom is -0.365 e. The normalized spacial score (nSPS) is 13.5. The molecular weight excluding hydrogens is 304 g/mol. The van der Waals surface area contributed by atoms with Crippen LogP contribution in [-0.2, 0) is 0 Å². The maximum Gasteiger partial charge on any atom is 0.258 e. The van der Waals surface area contributed by atoms with Gasteiger partial charge in [0.15, 0.2) is 0 Å². The molecule has 120 valence electrons. The molecule has 0 fully saturated rings. The summed E-state index contributed by atoms with van der Waals surface area (Å²) < 4.78 is 0. The van der Waals surface area contributed by atoms with Crippen molar-refractivity contribution in [2.75, 3.05) is 0 Å². The van der Waals surface area contributed by atoms with Gasteiger partial charge in [-0.05, 0) is 61.4 Å². The van der Waals surface area contributed by atoms with Crippen LogP contribution >= 0.6 is 11.3 Å². The fraction of sp³-hybridized carbons (Fsp3) is 0.263. The molecule has 2 rings (SSSR count). The van der Waals surface area contributed by atoms with Gasteiger partial charge < -0.3 is 5.73 Å². The number of benzene rings is 1. The number of aliphatic imine (C=N–C) groups is 1. The highest BCUT2D eigenvalue weighted by Gasteiger charge is 2.22. The number of carbonyl (C=O) groups is 1. The van der Waals surface area contributed by atoms with Gasteiger partial charge in [0.25, 0.3) is 5.91 Å². The van der Waals surface area contributed by atoms with Crippen LogP contribution in [0.1, 0.15) is 51.7 Å². The Hall–Kier alpha value is -2.20. The zero-order valence-electron chi connectivity index (χ0n) is 14.0. The zero-order chi connectivity index (χ0) is 17.0. The number of primary amides is 1. The minimum absolute atomic E-state index is 0.000417. The van der Waals surface area contributed by atoms with Crippen molar-refractivity contribution in [3.05, 3.63) is 68.5 Å². The Morgan fingerprint density at radius 3 is 2.61 bits per heavy atom. The van der Waals surface area contributed by atoms with E-state index in [9.17, 15) is 4.79 Å². The fourth-order valence-corrected chi connectivity index (χ4v) is 3.48. The van der Waals surface area contributed by atoms with Gasteiger partial charge in [-0.1, -0.05) is 24.3 Å². The first kappa shape index (κ1) is 17.2. The Morgan fingerprint density at radius 1 is 1.30 bits per heavy atom. The van der Waals surface area contributed by atoms with E-state index < -0.39 is 0 Å². The monoisotopic (exact) mass is 326 g/mol. The molecule has 1 heterocycles. The molecule has 1 aromatic carbocycles. The van der Waals surface area contributed by atoms with Crippen molar-refractivity contribution in [3.63, 3.8) is 0 Å². The number of amides is 1. The smallest absolute Gasteiger partial charge is 0.258 e. The van der Waals surface area contributed by atoms with Gasteiger partial charge in [0.05, 0.1) is 10.8 Å². The Bertz CT molecular complexity index is 771. The molecule has 4 heteroatoms. The Labute approximate surface area is 141 Å². The lowest BCUT2D eigenvalue weighted by atomic mass is 9.85. The summed E-state index contributed by atoms with van der Waals surface area (Å²) in [4.78, 5) is 16.6. The van der Waals surface area contributed by atoms with E-state index in [0.29, 0.717) is 4.88 Å². The van der Waals surface area contributed by atoms with Crippen molar-refractivity contribution >= 4 is 23.5 Å². The second kappa shape index (κ2) is 7.38. The van der Waals surface area contributed by atoms with Crippen LogP contribution in [0.5, 0.6) is 0 Å². The Kier molecular flexibility index (Phi) is 5.50. The standard InChI is InChI=1S/C19H22N2OS/c1-5-16(21-6-2)18(14-10-17(19(20)22)23-11-14)15-9-7-8-12(3)13(15)4/h5-11,18H,1-4H3,(H2,20,22)/b16-5-,21-6?.